The smallest absolute Gasteiger partial charge is 0.311 e. The molecule has 1 amide bonds. The lowest BCUT2D eigenvalue weighted by molar-refractivity contribution is -0.170. The molecular weight excluding hydrogens is 212 g/mol. The molecule has 0 saturated carbocycles. The van der Waals surface area contributed by atoms with Crippen molar-refractivity contribution in [1.29, 1.82) is 0 Å². The Bertz CT molecular complexity index is 436. The lowest BCUT2D eigenvalue weighted by Gasteiger charge is -2.18. The summed E-state index contributed by atoms with van der Waals surface area (Å²) in [6.07, 6.45) is 2.94. The first-order valence-electron chi connectivity index (χ1n) is 4.82. The van der Waals surface area contributed by atoms with Crippen molar-refractivity contribution in [2.75, 3.05) is 0 Å². The molecule has 0 unspecified atom stereocenters. The highest BCUT2D eigenvalue weighted by atomic mass is 16.5. The molecule has 0 bridgehead atoms. The van der Waals surface area contributed by atoms with Crippen LogP contribution in [0.1, 0.15) is 13.8 Å². The van der Waals surface area contributed by atoms with Crippen LogP contribution in [0.4, 0.5) is 0 Å². The van der Waals surface area contributed by atoms with Gasteiger partial charge in [-0.2, -0.15) is 5.10 Å². The zero-order valence-electron chi connectivity index (χ0n) is 8.90. The van der Waals surface area contributed by atoms with Gasteiger partial charge < -0.3 is 10.2 Å². The predicted octanol–water partition coefficient (Wildman–Crippen LogP) is -1.02. The first-order chi connectivity index (χ1) is 7.44. The van der Waals surface area contributed by atoms with E-state index >= 15 is 0 Å². The molecule has 7 nitrogen and oxygen atoms in total. The minimum atomic E-state index is -2.61. The van der Waals surface area contributed by atoms with Gasteiger partial charge in [-0.1, -0.05) is 0 Å². The van der Waals surface area contributed by atoms with Crippen molar-refractivity contribution in [3.63, 3.8) is 0 Å². The fourth-order valence-corrected chi connectivity index (χ4v) is 1.42. The predicted molar refractivity (Wildman–Crippen MR) is 54.2 cm³/mol. The highest BCUT2D eigenvalue weighted by Gasteiger charge is 2.51. The van der Waals surface area contributed by atoms with Crippen molar-refractivity contribution in [3.05, 3.63) is 18.5 Å². The zero-order valence-corrected chi connectivity index (χ0v) is 8.90. The van der Waals surface area contributed by atoms with Crippen molar-refractivity contribution in [2.45, 2.75) is 25.7 Å². The van der Waals surface area contributed by atoms with E-state index in [1.165, 1.54) is 12.4 Å². The highest BCUT2D eigenvalue weighted by molar-refractivity contribution is 6.12. The van der Waals surface area contributed by atoms with Crippen LogP contribution in [0.25, 0.3) is 0 Å². The number of hydrazone groups is 1. The van der Waals surface area contributed by atoms with Crippen molar-refractivity contribution >= 4 is 11.7 Å². The van der Waals surface area contributed by atoms with Crippen LogP contribution in [-0.2, 0) is 4.79 Å². The van der Waals surface area contributed by atoms with E-state index in [4.69, 9.17) is 0 Å². The lowest BCUT2D eigenvalue weighted by atomic mass is 10.2. The van der Waals surface area contributed by atoms with E-state index < -0.39 is 11.7 Å². The number of hydrogen-bond acceptors (Lipinski definition) is 5. The zero-order chi connectivity index (χ0) is 11.9. The van der Waals surface area contributed by atoms with Crippen LogP contribution in [0, 0.1) is 0 Å². The van der Waals surface area contributed by atoms with Crippen LogP contribution < -0.4 is 0 Å². The van der Waals surface area contributed by atoms with E-state index in [0.717, 1.165) is 9.69 Å². The van der Waals surface area contributed by atoms with E-state index in [-0.39, 0.29) is 11.9 Å². The third kappa shape index (κ3) is 1.41. The van der Waals surface area contributed by atoms with Gasteiger partial charge in [0.1, 0.15) is 0 Å². The van der Waals surface area contributed by atoms with E-state index in [1.54, 1.807) is 19.9 Å². The standard InChI is InChI=1S/C9H12N4O3/c1-6(2)13-8(14)9(15,16)7(11-13)12-5-3-4-10-12/h3-6,15-16H,1-2H3. The SMILES string of the molecule is CC(C)N1N=C(n2cccn2)C(O)(O)C1=O. The minimum Gasteiger partial charge on any atom is -0.352 e. The largest absolute Gasteiger partial charge is 0.352 e. The Morgan fingerprint density at radius 2 is 2.12 bits per heavy atom. The number of carbonyl (C=O) groups is 1. The Hall–Kier alpha value is -1.73. The van der Waals surface area contributed by atoms with Gasteiger partial charge in [0.05, 0.1) is 6.04 Å². The Morgan fingerprint density at radius 3 is 2.56 bits per heavy atom. The molecule has 2 rings (SSSR count). The van der Waals surface area contributed by atoms with Gasteiger partial charge in [-0.25, -0.2) is 9.69 Å². The fourth-order valence-electron chi connectivity index (χ4n) is 1.42. The lowest BCUT2D eigenvalue weighted by Crippen LogP contribution is -2.49. The number of hydrogen-bond donors (Lipinski definition) is 2. The third-order valence-electron chi connectivity index (χ3n) is 2.23. The number of rotatable bonds is 1. The van der Waals surface area contributed by atoms with Crippen LogP contribution in [0.3, 0.4) is 0 Å². The summed E-state index contributed by atoms with van der Waals surface area (Å²) >= 11 is 0. The Labute approximate surface area is 91.6 Å². The number of nitrogens with zero attached hydrogens (tertiary/aromatic N) is 4. The Morgan fingerprint density at radius 1 is 1.44 bits per heavy atom. The van der Waals surface area contributed by atoms with Crippen LogP contribution in [0.15, 0.2) is 23.6 Å². The van der Waals surface area contributed by atoms with Gasteiger partial charge in [-0.15, -0.1) is 5.10 Å². The van der Waals surface area contributed by atoms with Gasteiger partial charge >= 0.3 is 11.7 Å². The number of aromatic nitrogens is 2. The molecule has 2 N–H and O–H groups in total. The summed E-state index contributed by atoms with van der Waals surface area (Å²) in [5, 5.41) is 28.1. The average molecular weight is 224 g/mol. The molecule has 2 heterocycles. The van der Waals surface area contributed by atoms with Gasteiger partial charge in [-0.05, 0) is 19.9 Å². The second kappa shape index (κ2) is 3.39. The molecule has 1 aliphatic heterocycles. The summed E-state index contributed by atoms with van der Waals surface area (Å²) in [7, 11) is 0. The number of amides is 1. The van der Waals surface area contributed by atoms with Gasteiger partial charge in [0.2, 0.25) is 5.84 Å². The third-order valence-corrected chi connectivity index (χ3v) is 2.23. The summed E-state index contributed by atoms with van der Waals surface area (Å²) in [5.74, 6) is -3.69. The summed E-state index contributed by atoms with van der Waals surface area (Å²) in [6, 6.07) is 1.35. The Balaban J connectivity index is 2.45. The molecule has 0 fully saturated rings. The quantitative estimate of drug-likeness (QED) is 0.597. The van der Waals surface area contributed by atoms with Crippen molar-refractivity contribution in [1.82, 2.24) is 14.8 Å². The molecule has 1 aromatic rings. The van der Waals surface area contributed by atoms with E-state index in [2.05, 4.69) is 10.2 Å². The maximum atomic E-state index is 11.6. The van der Waals surface area contributed by atoms with Crippen molar-refractivity contribution < 1.29 is 15.0 Å². The van der Waals surface area contributed by atoms with E-state index in [0.29, 0.717) is 0 Å². The first-order valence-corrected chi connectivity index (χ1v) is 4.82. The second-order valence-corrected chi connectivity index (χ2v) is 3.79. The summed E-state index contributed by atoms with van der Waals surface area (Å²) in [6.45, 7) is 3.45. The van der Waals surface area contributed by atoms with Crippen molar-refractivity contribution in [2.24, 2.45) is 5.10 Å². The van der Waals surface area contributed by atoms with Crippen LogP contribution >= 0.6 is 0 Å². The number of aliphatic hydroxyl groups is 2. The summed E-state index contributed by atoms with van der Waals surface area (Å²) in [5.41, 5.74) is 0. The molecule has 7 heteroatoms. The van der Waals surface area contributed by atoms with E-state index in [1.807, 2.05) is 0 Å². The summed E-state index contributed by atoms with van der Waals surface area (Å²) < 4.78 is 1.15. The van der Waals surface area contributed by atoms with Crippen LogP contribution in [0.5, 0.6) is 0 Å². The molecule has 0 radical (unpaired) electrons. The second-order valence-electron chi connectivity index (χ2n) is 3.79. The molecule has 0 aliphatic carbocycles. The average Bonchev–Trinajstić information content (AvgIpc) is 2.76. The molecule has 0 saturated heterocycles. The molecule has 0 aromatic carbocycles. The first kappa shape index (κ1) is 10.8. The van der Waals surface area contributed by atoms with Gasteiger partial charge in [0.25, 0.3) is 0 Å². The molecular formula is C9H12N4O3. The molecule has 0 spiro atoms. The Kier molecular flexibility index (Phi) is 2.28. The maximum absolute atomic E-state index is 11.6. The van der Waals surface area contributed by atoms with E-state index in [9.17, 15) is 15.0 Å². The number of carbonyl (C=O) groups excluding carboxylic acids is 1. The summed E-state index contributed by atoms with van der Waals surface area (Å²) in [4.78, 5) is 11.6. The fraction of sp³-hybridized carbons (Fsp3) is 0.444. The van der Waals surface area contributed by atoms with Gasteiger partial charge in [0.15, 0.2) is 0 Å². The van der Waals surface area contributed by atoms with Gasteiger partial charge in [0, 0.05) is 12.4 Å². The van der Waals surface area contributed by atoms with Crippen LogP contribution in [-0.4, -0.2) is 48.6 Å². The van der Waals surface area contributed by atoms with Crippen LogP contribution in [0.2, 0.25) is 0 Å². The van der Waals surface area contributed by atoms with Gasteiger partial charge in [-0.3, -0.25) is 4.79 Å². The minimum absolute atomic E-state index is 0.212. The maximum Gasteiger partial charge on any atom is 0.311 e. The molecule has 1 aromatic heterocycles. The molecule has 86 valence electrons. The monoisotopic (exact) mass is 224 g/mol. The highest BCUT2D eigenvalue weighted by Crippen LogP contribution is 2.20. The normalized spacial score (nSPS) is 19.4. The van der Waals surface area contributed by atoms with Crippen molar-refractivity contribution in [3.8, 4) is 0 Å². The molecule has 0 atom stereocenters. The topological polar surface area (TPSA) is 91.0 Å². The molecule has 1 aliphatic rings. The molecule has 16 heavy (non-hydrogen) atoms.